The molecule has 0 amide bonds. The van der Waals surface area contributed by atoms with Crippen molar-refractivity contribution in [3.05, 3.63) is 47.2 Å². The van der Waals surface area contributed by atoms with Crippen LogP contribution in [0.4, 0.5) is 20.5 Å². The second kappa shape index (κ2) is 6.27. The Morgan fingerprint density at radius 1 is 1.15 bits per heavy atom. The lowest BCUT2D eigenvalue weighted by molar-refractivity contribution is 0.507. The number of nitrogens with one attached hydrogen (secondary N) is 2. The number of benzene rings is 1. The van der Waals surface area contributed by atoms with Gasteiger partial charge in [0.15, 0.2) is 11.6 Å². The highest BCUT2D eigenvalue weighted by molar-refractivity contribution is 5.46. The first-order valence-electron chi connectivity index (χ1n) is 6.35. The zero-order chi connectivity index (χ0) is 14.5. The van der Waals surface area contributed by atoms with E-state index in [4.69, 9.17) is 0 Å². The third-order valence-corrected chi connectivity index (χ3v) is 2.75. The van der Waals surface area contributed by atoms with E-state index in [1.807, 2.05) is 13.8 Å². The molecule has 106 valence electrons. The molecule has 2 rings (SSSR count). The summed E-state index contributed by atoms with van der Waals surface area (Å²) >= 11 is 0. The number of anilines is 2. The minimum absolute atomic E-state index is 0.362. The Morgan fingerprint density at radius 2 is 1.95 bits per heavy atom. The smallest absolute Gasteiger partial charge is 0.224 e. The summed E-state index contributed by atoms with van der Waals surface area (Å²) < 4.78 is 25.9. The molecule has 0 atom stereocenters. The number of aryl methyl sites for hydroxylation is 1. The predicted octanol–water partition coefficient (Wildman–Crippen LogP) is 3.11. The molecule has 0 fully saturated rings. The molecule has 2 aromatic rings. The van der Waals surface area contributed by atoms with Gasteiger partial charge < -0.3 is 10.6 Å². The molecule has 20 heavy (non-hydrogen) atoms. The van der Waals surface area contributed by atoms with Gasteiger partial charge in [0.25, 0.3) is 0 Å². The molecule has 1 aromatic carbocycles. The van der Waals surface area contributed by atoms with Crippen LogP contribution in [0.25, 0.3) is 0 Å². The first-order chi connectivity index (χ1) is 9.60. The largest absolute Gasteiger partial charge is 0.366 e. The molecule has 6 heteroatoms. The Labute approximate surface area is 116 Å². The molecule has 0 spiro atoms. The zero-order valence-electron chi connectivity index (χ0n) is 11.4. The van der Waals surface area contributed by atoms with Gasteiger partial charge in [-0.25, -0.2) is 13.8 Å². The summed E-state index contributed by atoms with van der Waals surface area (Å²) in [7, 11) is 0. The first kappa shape index (κ1) is 14.2. The van der Waals surface area contributed by atoms with Crippen molar-refractivity contribution in [2.75, 3.05) is 17.2 Å². The second-order valence-corrected chi connectivity index (χ2v) is 4.36. The van der Waals surface area contributed by atoms with Gasteiger partial charge in [0, 0.05) is 24.8 Å². The number of halogens is 2. The molecule has 4 nitrogen and oxygen atoms in total. The fourth-order valence-electron chi connectivity index (χ4n) is 1.70. The molecule has 0 radical (unpaired) electrons. The van der Waals surface area contributed by atoms with Gasteiger partial charge in [-0.3, -0.25) is 0 Å². The van der Waals surface area contributed by atoms with Crippen molar-refractivity contribution < 1.29 is 8.78 Å². The maximum atomic E-state index is 13.1. The average molecular weight is 278 g/mol. The maximum Gasteiger partial charge on any atom is 0.224 e. The van der Waals surface area contributed by atoms with Gasteiger partial charge in [0.05, 0.1) is 0 Å². The van der Waals surface area contributed by atoms with E-state index in [1.54, 1.807) is 6.20 Å². The van der Waals surface area contributed by atoms with Crippen LogP contribution in [-0.2, 0) is 6.54 Å². The number of hydrogen-bond donors (Lipinski definition) is 2. The van der Waals surface area contributed by atoms with Crippen molar-refractivity contribution in [2.24, 2.45) is 0 Å². The highest BCUT2D eigenvalue weighted by Crippen LogP contribution is 2.15. The molecule has 0 aliphatic rings. The van der Waals surface area contributed by atoms with Crippen LogP contribution >= 0.6 is 0 Å². The van der Waals surface area contributed by atoms with Crippen molar-refractivity contribution in [3.8, 4) is 0 Å². The lowest BCUT2D eigenvalue weighted by Gasteiger charge is -2.10. The van der Waals surface area contributed by atoms with Crippen molar-refractivity contribution in [1.82, 2.24) is 9.97 Å². The van der Waals surface area contributed by atoms with Crippen LogP contribution in [0.15, 0.2) is 24.4 Å². The van der Waals surface area contributed by atoms with Gasteiger partial charge in [0.1, 0.15) is 5.82 Å². The van der Waals surface area contributed by atoms with Crippen LogP contribution in [0.2, 0.25) is 0 Å². The van der Waals surface area contributed by atoms with E-state index < -0.39 is 11.6 Å². The maximum absolute atomic E-state index is 13.1. The number of hydrogen-bond acceptors (Lipinski definition) is 4. The van der Waals surface area contributed by atoms with Gasteiger partial charge in [-0.15, -0.1) is 0 Å². The summed E-state index contributed by atoms with van der Waals surface area (Å²) in [5, 5.41) is 6.11. The molecule has 0 aliphatic heterocycles. The van der Waals surface area contributed by atoms with Gasteiger partial charge in [-0.05, 0) is 31.5 Å². The van der Waals surface area contributed by atoms with E-state index in [0.29, 0.717) is 23.9 Å². The molecular formula is C14H16F2N4. The normalized spacial score (nSPS) is 10.4. The van der Waals surface area contributed by atoms with Gasteiger partial charge in [-0.1, -0.05) is 6.07 Å². The van der Waals surface area contributed by atoms with Crippen LogP contribution in [0.5, 0.6) is 0 Å². The van der Waals surface area contributed by atoms with Crippen LogP contribution in [0.3, 0.4) is 0 Å². The van der Waals surface area contributed by atoms with Crippen molar-refractivity contribution >= 4 is 11.8 Å². The van der Waals surface area contributed by atoms with Crippen LogP contribution in [-0.4, -0.2) is 16.5 Å². The standard InChI is InChI=1S/C14H16F2N4/c1-3-17-14-19-7-9(2)13(20-14)18-8-10-4-5-11(15)12(16)6-10/h4-7H,3,8H2,1-2H3,(H2,17,18,19,20). The quantitative estimate of drug-likeness (QED) is 0.882. The lowest BCUT2D eigenvalue weighted by atomic mass is 10.2. The SMILES string of the molecule is CCNc1ncc(C)c(NCc2ccc(F)c(F)c2)n1. The molecule has 0 aliphatic carbocycles. The topological polar surface area (TPSA) is 49.8 Å². The average Bonchev–Trinajstić information content (AvgIpc) is 2.43. The Kier molecular flexibility index (Phi) is 4.45. The summed E-state index contributed by atoms with van der Waals surface area (Å²) in [6.45, 7) is 4.92. The number of nitrogens with zero attached hydrogens (tertiary/aromatic N) is 2. The van der Waals surface area contributed by atoms with E-state index in [2.05, 4.69) is 20.6 Å². The fourth-order valence-corrected chi connectivity index (χ4v) is 1.70. The zero-order valence-corrected chi connectivity index (χ0v) is 11.4. The van der Waals surface area contributed by atoms with E-state index >= 15 is 0 Å². The van der Waals surface area contributed by atoms with Gasteiger partial charge in [0.2, 0.25) is 5.95 Å². The van der Waals surface area contributed by atoms with Crippen molar-refractivity contribution in [1.29, 1.82) is 0 Å². The highest BCUT2D eigenvalue weighted by atomic mass is 19.2. The summed E-state index contributed by atoms with van der Waals surface area (Å²) in [4.78, 5) is 8.45. The van der Waals surface area contributed by atoms with E-state index in [-0.39, 0.29) is 0 Å². The number of rotatable bonds is 5. The van der Waals surface area contributed by atoms with Crippen molar-refractivity contribution in [2.45, 2.75) is 20.4 Å². The minimum atomic E-state index is -0.850. The molecule has 0 saturated carbocycles. The second-order valence-electron chi connectivity index (χ2n) is 4.36. The monoisotopic (exact) mass is 278 g/mol. The van der Waals surface area contributed by atoms with E-state index in [0.717, 1.165) is 18.2 Å². The fraction of sp³-hybridized carbons (Fsp3) is 0.286. The van der Waals surface area contributed by atoms with Crippen LogP contribution < -0.4 is 10.6 Å². The molecule has 2 N–H and O–H groups in total. The molecule has 0 bridgehead atoms. The molecule has 1 aromatic heterocycles. The van der Waals surface area contributed by atoms with Gasteiger partial charge in [-0.2, -0.15) is 4.98 Å². The third kappa shape index (κ3) is 3.40. The summed E-state index contributed by atoms with van der Waals surface area (Å²) in [5.74, 6) is -0.495. The third-order valence-electron chi connectivity index (χ3n) is 2.75. The summed E-state index contributed by atoms with van der Waals surface area (Å²) in [5.41, 5.74) is 1.53. The Balaban J connectivity index is 2.09. The molecule has 0 unspecified atom stereocenters. The molecular weight excluding hydrogens is 262 g/mol. The summed E-state index contributed by atoms with van der Waals surface area (Å²) in [6, 6.07) is 3.82. The first-order valence-corrected chi connectivity index (χ1v) is 6.35. The van der Waals surface area contributed by atoms with E-state index in [1.165, 1.54) is 12.1 Å². The number of aromatic nitrogens is 2. The Morgan fingerprint density at radius 3 is 2.65 bits per heavy atom. The lowest BCUT2D eigenvalue weighted by Crippen LogP contribution is -2.08. The van der Waals surface area contributed by atoms with E-state index in [9.17, 15) is 8.78 Å². The molecule has 1 heterocycles. The minimum Gasteiger partial charge on any atom is -0.366 e. The Bertz CT molecular complexity index is 602. The van der Waals surface area contributed by atoms with Crippen LogP contribution in [0.1, 0.15) is 18.1 Å². The highest BCUT2D eigenvalue weighted by Gasteiger charge is 2.05. The summed E-state index contributed by atoms with van der Waals surface area (Å²) in [6.07, 6.45) is 1.71. The molecule has 0 saturated heterocycles. The van der Waals surface area contributed by atoms with Crippen molar-refractivity contribution in [3.63, 3.8) is 0 Å². The van der Waals surface area contributed by atoms with Crippen LogP contribution in [0, 0.1) is 18.6 Å². The Hall–Kier alpha value is -2.24. The predicted molar refractivity (Wildman–Crippen MR) is 74.6 cm³/mol. The van der Waals surface area contributed by atoms with Gasteiger partial charge >= 0.3 is 0 Å².